The molecule has 1 fully saturated rings. The first-order valence-electron chi connectivity index (χ1n) is 8.57. The molecule has 2 amide bonds. The molecule has 1 heterocycles. The summed E-state index contributed by atoms with van der Waals surface area (Å²) in [5, 5.41) is 3.54. The number of hydrogen-bond acceptors (Lipinski definition) is 3. The van der Waals surface area contributed by atoms with Gasteiger partial charge in [0.05, 0.1) is 12.8 Å². The molecule has 1 N–H and O–H groups in total. The van der Waals surface area contributed by atoms with Crippen LogP contribution in [0.4, 0.5) is 5.69 Å². The van der Waals surface area contributed by atoms with Gasteiger partial charge in [-0.2, -0.15) is 0 Å². The molecule has 1 saturated heterocycles. The van der Waals surface area contributed by atoms with E-state index in [2.05, 4.69) is 5.32 Å². The fourth-order valence-electron chi connectivity index (χ4n) is 3.10. The van der Waals surface area contributed by atoms with Crippen molar-refractivity contribution in [2.24, 2.45) is 5.92 Å². The van der Waals surface area contributed by atoms with Crippen molar-refractivity contribution < 1.29 is 14.3 Å². The molecular formula is C20H21ClN2O3. The van der Waals surface area contributed by atoms with Gasteiger partial charge >= 0.3 is 0 Å². The minimum Gasteiger partial charge on any atom is -0.495 e. The van der Waals surface area contributed by atoms with Gasteiger partial charge in [-0.3, -0.25) is 9.59 Å². The summed E-state index contributed by atoms with van der Waals surface area (Å²) in [4.78, 5) is 26.9. The first-order valence-corrected chi connectivity index (χ1v) is 8.95. The van der Waals surface area contributed by atoms with Crippen LogP contribution in [0.2, 0.25) is 5.02 Å². The highest BCUT2D eigenvalue weighted by Gasteiger charge is 2.28. The average molecular weight is 373 g/mol. The molecule has 6 heteroatoms. The van der Waals surface area contributed by atoms with Crippen LogP contribution in [0.15, 0.2) is 48.5 Å². The lowest BCUT2D eigenvalue weighted by atomic mass is 9.95. The Labute approximate surface area is 157 Å². The van der Waals surface area contributed by atoms with Gasteiger partial charge in [0, 0.05) is 29.6 Å². The van der Waals surface area contributed by atoms with E-state index in [0.29, 0.717) is 48.0 Å². The first kappa shape index (κ1) is 18.3. The Morgan fingerprint density at radius 2 is 1.73 bits per heavy atom. The highest BCUT2D eigenvalue weighted by molar-refractivity contribution is 6.30. The molecule has 3 rings (SSSR count). The maximum atomic E-state index is 12.5. The molecule has 0 unspecified atom stereocenters. The quantitative estimate of drug-likeness (QED) is 0.887. The summed E-state index contributed by atoms with van der Waals surface area (Å²) in [5.74, 6) is 0.462. The second-order valence-corrected chi connectivity index (χ2v) is 6.70. The number of benzene rings is 2. The Hall–Kier alpha value is -2.53. The number of nitrogens with zero attached hydrogens (tertiary/aromatic N) is 1. The van der Waals surface area contributed by atoms with Gasteiger partial charge in [0.2, 0.25) is 5.91 Å². The fourth-order valence-corrected chi connectivity index (χ4v) is 3.23. The molecule has 26 heavy (non-hydrogen) atoms. The number of ether oxygens (including phenoxy) is 1. The van der Waals surface area contributed by atoms with E-state index in [1.165, 1.54) is 0 Å². The Morgan fingerprint density at radius 3 is 2.38 bits per heavy atom. The number of amides is 2. The van der Waals surface area contributed by atoms with Crippen molar-refractivity contribution in [1.29, 1.82) is 0 Å². The lowest BCUT2D eigenvalue weighted by Gasteiger charge is -2.31. The largest absolute Gasteiger partial charge is 0.495 e. The summed E-state index contributed by atoms with van der Waals surface area (Å²) in [6, 6.07) is 14.2. The summed E-state index contributed by atoms with van der Waals surface area (Å²) in [6.07, 6.45) is 1.28. The number of para-hydroxylation sites is 2. The van der Waals surface area contributed by atoms with Gasteiger partial charge in [-0.1, -0.05) is 23.7 Å². The Morgan fingerprint density at radius 1 is 1.08 bits per heavy atom. The molecule has 5 nitrogen and oxygen atoms in total. The molecule has 0 spiro atoms. The molecule has 2 aromatic rings. The standard InChI is InChI=1S/C20H21ClN2O3/c1-26-18-5-3-2-4-17(18)22-19(24)14-10-12-23(13-11-14)20(25)15-6-8-16(21)9-7-15/h2-9,14H,10-13H2,1H3,(H,22,24). The summed E-state index contributed by atoms with van der Waals surface area (Å²) in [5.41, 5.74) is 1.28. The van der Waals surface area contributed by atoms with Crippen molar-refractivity contribution in [2.45, 2.75) is 12.8 Å². The minimum atomic E-state index is -0.116. The molecule has 136 valence electrons. The SMILES string of the molecule is COc1ccccc1NC(=O)C1CCN(C(=O)c2ccc(Cl)cc2)CC1. The van der Waals surface area contributed by atoms with Crippen LogP contribution in [0.1, 0.15) is 23.2 Å². The molecule has 1 aliphatic rings. The summed E-state index contributed by atoms with van der Waals surface area (Å²) >= 11 is 5.87. The van der Waals surface area contributed by atoms with Crippen molar-refractivity contribution in [3.05, 3.63) is 59.1 Å². The lowest BCUT2D eigenvalue weighted by molar-refractivity contribution is -0.121. The normalized spacial score (nSPS) is 14.8. The number of hydrogen-bond donors (Lipinski definition) is 1. The number of anilines is 1. The Balaban J connectivity index is 1.57. The van der Waals surface area contributed by atoms with Crippen LogP contribution in [-0.2, 0) is 4.79 Å². The highest BCUT2D eigenvalue weighted by Crippen LogP contribution is 2.26. The van der Waals surface area contributed by atoms with Gasteiger partial charge in [-0.25, -0.2) is 0 Å². The van der Waals surface area contributed by atoms with Crippen LogP contribution < -0.4 is 10.1 Å². The van der Waals surface area contributed by atoms with Gasteiger partial charge < -0.3 is 15.0 Å². The van der Waals surface area contributed by atoms with Crippen molar-refractivity contribution in [3.63, 3.8) is 0 Å². The molecule has 0 aromatic heterocycles. The first-order chi connectivity index (χ1) is 12.6. The van der Waals surface area contributed by atoms with Crippen LogP contribution >= 0.6 is 11.6 Å². The third-order valence-electron chi connectivity index (χ3n) is 4.61. The molecule has 0 atom stereocenters. The maximum absolute atomic E-state index is 12.5. The molecule has 0 radical (unpaired) electrons. The van der Waals surface area contributed by atoms with E-state index in [4.69, 9.17) is 16.3 Å². The van der Waals surface area contributed by atoms with Gasteiger partial charge in [0.1, 0.15) is 5.75 Å². The monoisotopic (exact) mass is 372 g/mol. The fraction of sp³-hybridized carbons (Fsp3) is 0.300. The smallest absolute Gasteiger partial charge is 0.253 e. The molecule has 0 aliphatic carbocycles. The number of carbonyl (C=O) groups is 2. The maximum Gasteiger partial charge on any atom is 0.253 e. The van der Waals surface area contributed by atoms with Crippen molar-refractivity contribution in [1.82, 2.24) is 4.90 Å². The number of piperidine rings is 1. The average Bonchev–Trinajstić information content (AvgIpc) is 2.68. The van der Waals surface area contributed by atoms with Crippen molar-refractivity contribution >= 4 is 29.1 Å². The second-order valence-electron chi connectivity index (χ2n) is 6.26. The van der Waals surface area contributed by atoms with Gasteiger partial charge in [0.15, 0.2) is 0 Å². The Bertz CT molecular complexity index is 784. The number of methoxy groups -OCH3 is 1. The zero-order valence-electron chi connectivity index (χ0n) is 14.6. The summed E-state index contributed by atoms with van der Waals surface area (Å²) in [6.45, 7) is 1.12. The molecule has 0 bridgehead atoms. The topological polar surface area (TPSA) is 58.6 Å². The zero-order chi connectivity index (χ0) is 18.5. The van der Waals surface area contributed by atoms with Gasteiger partial charge in [-0.15, -0.1) is 0 Å². The van der Waals surface area contributed by atoms with E-state index in [0.717, 1.165) is 0 Å². The van der Waals surface area contributed by atoms with Crippen molar-refractivity contribution in [2.75, 3.05) is 25.5 Å². The molecule has 1 aliphatic heterocycles. The highest BCUT2D eigenvalue weighted by atomic mass is 35.5. The number of rotatable bonds is 4. The van der Waals surface area contributed by atoms with Gasteiger partial charge in [0.25, 0.3) is 5.91 Å². The predicted molar refractivity (Wildman–Crippen MR) is 102 cm³/mol. The number of carbonyl (C=O) groups excluding carboxylic acids is 2. The molecule has 0 saturated carbocycles. The predicted octanol–water partition coefficient (Wildman–Crippen LogP) is 3.84. The number of halogens is 1. The Kier molecular flexibility index (Phi) is 5.78. The van der Waals surface area contributed by atoms with Crippen LogP contribution in [-0.4, -0.2) is 36.9 Å². The van der Waals surface area contributed by atoms with Crippen LogP contribution in [0.5, 0.6) is 5.75 Å². The van der Waals surface area contributed by atoms with E-state index < -0.39 is 0 Å². The van der Waals surface area contributed by atoms with E-state index in [9.17, 15) is 9.59 Å². The number of nitrogens with one attached hydrogen (secondary N) is 1. The van der Waals surface area contributed by atoms with Crippen molar-refractivity contribution in [3.8, 4) is 5.75 Å². The minimum absolute atomic E-state index is 0.0229. The summed E-state index contributed by atoms with van der Waals surface area (Å²) < 4.78 is 5.26. The van der Waals surface area contributed by atoms with E-state index in [1.807, 2.05) is 24.3 Å². The second kappa shape index (κ2) is 8.23. The summed E-state index contributed by atoms with van der Waals surface area (Å²) in [7, 11) is 1.58. The van der Waals surface area contributed by atoms with E-state index in [1.54, 1.807) is 36.3 Å². The van der Waals surface area contributed by atoms with Crippen LogP contribution in [0.3, 0.4) is 0 Å². The molecular weight excluding hydrogens is 352 g/mol. The van der Waals surface area contributed by atoms with Gasteiger partial charge in [-0.05, 0) is 49.2 Å². The van der Waals surface area contributed by atoms with E-state index >= 15 is 0 Å². The molecule has 2 aromatic carbocycles. The zero-order valence-corrected chi connectivity index (χ0v) is 15.3. The van der Waals surface area contributed by atoms with Crippen LogP contribution in [0, 0.1) is 5.92 Å². The van der Waals surface area contributed by atoms with E-state index in [-0.39, 0.29) is 17.7 Å². The third kappa shape index (κ3) is 4.17. The lowest BCUT2D eigenvalue weighted by Crippen LogP contribution is -2.41. The van der Waals surface area contributed by atoms with Crippen LogP contribution in [0.25, 0.3) is 0 Å². The number of likely N-dealkylation sites (tertiary alicyclic amines) is 1. The third-order valence-corrected chi connectivity index (χ3v) is 4.86.